The summed E-state index contributed by atoms with van der Waals surface area (Å²) in [6.07, 6.45) is 1.36. The molecule has 0 saturated heterocycles. The lowest BCUT2D eigenvalue weighted by Gasteiger charge is -2.11. The molecule has 0 aliphatic heterocycles. The van der Waals surface area contributed by atoms with Crippen LogP contribution in [0.4, 0.5) is 5.69 Å². The molecule has 102 valence electrons. The molecular weight excluding hydrogens is 298 g/mol. The van der Waals surface area contributed by atoms with Crippen molar-refractivity contribution in [3.63, 3.8) is 0 Å². The molecule has 0 fully saturated rings. The molecule has 0 amide bonds. The van der Waals surface area contributed by atoms with Crippen molar-refractivity contribution in [2.24, 2.45) is 0 Å². The van der Waals surface area contributed by atoms with E-state index in [1.165, 1.54) is 18.3 Å². The third-order valence-electron chi connectivity index (χ3n) is 2.68. The van der Waals surface area contributed by atoms with E-state index in [4.69, 9.17) is 16.9 Å². The molecule has 0 saturated carbocycles. The van der Waals surface area contributed by atoms with Crippen molar-refractivity contribution in [3.8, 4) is 6.07 Å². The maximum Gasteiger partial charge on any atom is 0.264 e. The molecule has 0 aliphatic rings. The number of nitrogens with one attached hydrogen (secondary N) is 1. The highest BCUT2D eigenvalue weighted by Crippen LogP contribution is 2.25. The van der Waals surface area contributed by atoms with E-state index < -0.39 is 10.0 Å². The van der Waals surface area contributed by atoms with Gasteiger partial charge >= 0.3 is 0 Å². The Morgan fingerprint density at radius 1 is 1.30 bits per heavy atom. The van der Waals surface area contributed by atoms with E-state index in [2.05, 4.69) is 9.71 Å². The van der Waals surface area contributed by atoms with Gasteiger partial charge in [0.1, 0.15) is 11.0 Å². The molecule has 20 heavy (non-hydrogen) atoms. The first kappa shape index (κ1) is 14.3. The van der Waals surface area contributed by atoms with Crippen LogP contribution in [0.15, 0.2) is 41.4 Å². The van der Waals surface area contributed by atoms with Gasteiger partial charge in [-0.05, 0) is 36.8 Å². The van der Waals surface area contributed by atoms with Crippen LogP contribution in [0.2, 0.25) is 5.02 Å². The van der Waals surface area contributed by atoms with Crippen molar-refractivity contribution in [2.75, 3.05) is 4.72 Å². The Balaban J connectivity index is 2.47. The zero-order valence-corrected chi connectivity index (χ0v) is 12.0. The second-order valence-corrected chi connectivity index (χ2v) is 6.04. The van der Waals surface area contributed by atoms with Gasteiger partial charge in [0.05, 0.1) is 5.69 Å². The molecule has 0 atom stereocenters. The van der Waals surface area contributed by atoms with Gasteiger partial charge in [0.15, 0.2) is 5.69 Å². The van der Waals surface area contributed by atoms with Gasteiger partial charge in [-0.25, -0.2) is 13.4 Å². The van der Waals surface area contributed by atoms with Crippen molar-refractivity contribution < 1.29 is 8.42 Å². The predicted octanol–water partition coefficient (Wildman–Crippen LogP) is 2.72. The number of anilines is 1. The zero-order chi connectivity index (χ0) is 14.8. The molecule has 0 bridgehead atoms. The summed E-state index contributed by atoms with van der Waals surface area (Å²) in [6, 6.07) is 9.45. The number of nitriles is 1. The van der Waals surface area contributed by atoms with E-state index in [1.54, 1.807) is 31.2 Å². The van der Waals surface area contributed by atoms with E-state index in [-0.39, 0.29) is 10.6 Å². The van der Waals surface area contributed by atoms with Crippen LogP contribution < -0.4 is 4.72 Å². The molecule has 1 aromatic carbocycles. The lowest BCUT2D eigenvalue weighted by Crippen LogP contribution is -2.15. The summed E-state index contributed by atoms with van der Waals surface area (Å²) in [7, 11) is -3.89. The van der Waals surface area contributed by atoms with Crippen molar-refractivity contribution in [1.29, 1.82) is 5.26 Å². The van der Waals surface area contributed by atoms with Crippen LogP contribution in [-0.4, -0.2) is 13.4 Å². The number of rotatable bonds is 3. The highest BCUT2D eigenvalue weighted by atomic mass is 35.5. The Morgan fingerprint density at radius 2 is 2.05 bits per heavy atom. The van der Waals surface area contributed by atoms with Crippen LogP contribution >= 0.6 is 11.6 Å². The molecule has 7 heteroatoms. The van der Waals surface area contributed by atoms with Gasteiger partial charge in [-0.1, -0.05) is 17.7 Å². The average molecular weight is 308 g/mol. The summed E-state index contributed by atoms with van der Waals surface area (Å²) >= 11 is 5.95. The Hall–Kier alpha value is -2.10. The van der Waals surface area contributed by atoms with Gasteiger partial charge in [-0.15, -0.1) is 0 Å². The van der Waals surface area contributed by atoms with Crippen LogP contribution in [-0.2, 0) is 10.0 Å². The molecular formula is C13H10ClN3O2S. The normalized spacial score (nSPS) is 10.8. The SMILES string of the molecule is Cc1c(Cl)cccc1NS(=O)(=O)c1cccnc1C#N. The summed E-state index contributed by atoms with van der Waals surface area (Å²) in [4.78, 5) is 3.57. The van der Waals surface area contributed by atoms with E-state index in [1.807, 2.05) is 0 Å². The molecule has 5 nitrogen and oxygen atoms in total. The maximum absolute atomic E-state index is 12.3. The van der Waals surface area contributed by atoms with Gasteiger partial charge in [-0.3, -0.25) is 4.72 Å². The Kier molecular flexibility index (Phi) is 3.93. The number of nitrogens with zero attached hydrogens (tertiary/aromatic N) is 2. The Labute approximate surface area is 121 Å². The van der Waals surface area contributed by atoms with Crippen LogP contribution in [0.3, 0.4) is 0 Å². The fraction of sp³-hybridized carbons (Fsp3) is 0.0769. The fourth-order valence-corrected chi connectivity index (χ4v) is 3.01. The average Bonchev–Trinajstić information content (AvgIpc) is 2.43. The van der Waals surface area contributed by atoms with E-state index in [9.17, 15) is 8.42 Å². The molecule has 1 aromatic heterocycles. The van der Waals surface area contributed by atoms with Crippen molar-refractivity contribution in [3.05, 3.63) is 52.8 Å². The quantitative estimate of drug-likeness (QED) is 0.945. The lowest BCUT2D eigenvalue weighted by atomic mass is 10.2. The van der Waals surface area contributed by atoms with Gasteiger partial charge < -0.3 is 0 Å². The number of aromatic nitrogens is 1. The van der Waals surface area contributed by atoms with E-state index in [0.29, 0.717) is 16.3 Å². The smallest absolute Gasteiger partial charge is 0.264 e. The largest absolute Gasteiger partial charge is 0.279 e. The lowest BCUT2D eigenvalue weighted by molar-refractivity contribution is 0.600. The zero-order valence-electron chi connectivity index (χ0n) is 10.5. The van der Waals surface area contributed by atoms with E-state index in [0.717, 1.165) is 0 Å². The second-order valence-electron chi connectivity index (χ2n) is 3.98. The second kappa shape index (κ2) is 5.49. The Bertz CT molecular complexity index is 798. The first-order valence-corrected chi connectivity index (χ1v) is 7.45. The van der Waals surface area contributed by atoms with Gasteiger partial charge in [0.25, 0.3) is 10.0 Å². The summed E-state index contributed by atoms with van der Waals surface area (Å²) < 4.78 is 27.0. The van der Waals surface area contributed by atoms with Crippen molar-refractivity contribution in [2.45, 2.75) is 11.8 Å². The van der Waals surface area contributed by atoms with Gasteiger partial charge in [-0.2, -0.15) is 5.26 Å². The fourth-order valence-electron chi connectivity index (χ4n) is 1.61. The summed E-state index contributed by atoms with van der Waals surface area (Å²) in [6.45, 7) is 1.70. The van der Waals surface area contributed by atoms with Gasteiger partial charge in [0, 0.05) is 11.2 Å². The minimum atomic E-state index is -3.89. The summed E-state index contributed by atoms with van der Waals surface area (Å²) in [5.41, 5.74) is 0.824. The van der Waals surface area contributed by atoms with Crippen LogP contribution in [0.1, 0.15) is 11.3 Å². The maximum atomic E-state index is 12.3. The third kappa shape index (κ3) is 2.74. The van der Waals surface area contributed by atoms with Gasteiger partial charge in [0.2, 0.25) is 0 Å². The number of hydrogen-bond acceptors (Lipinski definition) is 4. The molecule has 0 unspecified atom stereocenters. The Morgan fingerprint density at radius 3 is 2.75 bits per heavy atom. The predicted molar refractivity (Wildman–Crippen MR) is 75.9 cm³/mol. The molecule has 2 rings (SSSR count). The highest BCUT2D eigenvalue weighted by Gasteiger charge is 2.20. The summed E-state index contributed by atoms with van der Waals surface area (Å²) in [5.74, 6) is 0. The standard InChI is InChI=1S/C13H10ClN3O2S/c1-9-10(14)4-2-5-11(9)17-20(18,19)13-6-3-7-16-12(13)8-15/h2-7,17H,1H3. The number of benzene rings is 1. The third-order valence-corrected chi connectivity index (χ3v) is 4.48. The number of halogens is 1. The van der Waals surface area contributed by atoms with Crippen molar-refractivity contribution in [1.82, 2.24) is 4.98 Å². The molecule has 0 radical (unpaired) electrons. The monoisotopic (exact) mass is 307 g/mol. The number of sulfonamides is 1. The molecule has 2 aromatic rings. The first-order valence-electron chi connectivity index (χ1n) is 5.59. The molecule has 1 N–H and O–H groups in total. The number of pyridine rings is 1. The minimum absolute atomic E-state index is 0.153. The van der Waals surface area contributed by atoms with Crippen LogP contribution in [0.5, 0.6) is 0 Å². The minimum Gasteiger partial charge on any atom is -0.279 e. The number of hydrogen-bond donors (Lipinski definition) is 1. The molecule has 0 spiro atoms. The topological polar surface area (TPSA) is 82.8 Å². The highest BCUT2D eigenvalue weighted by molar-refractivity contribution is 7.92. The van der Waals surface area contributed by atoms with Crippen molar-refractivity contribution >= 4 is 27.3 Å². The summed E-state index contributed by atoms with van der Waals surface area (Å²) in [5, 5.41) is 9.38. The molecule has 0 aliphatic carbocycles. The van der Waals surface area contributed by atoms with E-state index >= 15 is 0 Å². The first-order chi connectivity index (χ1) is 9.45. The van der Waals surface area contributed by atoms with Crippen LogP contribution in [0, 0.1) is 18.3 Å². The molecule has 1 heterocycles. The van der Waals surface area contributed by atoms with Crippen LogP contribution in [0.25, 0.3) is 0 Å².